The summed E-state index contributed by atoms with van der Waals surface area (Å²) >= 11 is 0. The Hall–Kier alpha value is -2.87. The second-order valence-corrected chi connectivity index (χ2v) is 11.4. The fourth-order valence-electron chi connectivity index (χ4n) is 3.58. The molecule has 0 spiro atoms. The van der Waals surface area contributed by atoms with Crippen LogP contribution in [-0.4, -0.2) is 49.5 Å². The summed E-state index contributed by atoms with van der Waals surface area (Å²) < 4.78 is 36.5. The number of carbonyl (C=O) groups is 1. The number of hydrogen-bond acceptors (Lipinski definition) is 4. The van der Waals surface area contributed by atoms with Crippen LogP contribution in [0.25, 0.3) is 0 Å². The van der Waals surface area contributed by atoms with Gasteiger partial charge in [-0.25, -0.2) is 4.79 Å². The van der Waals surface area contributed by atoms with E-state index in [-0.39, 0.29) is 29.4 Å². The van der Waals surface area contributed by atoms with Gasteiger partial charge in [-0.15, -0.1) is 4.40 Å². The smallest absolute Gasteiger partial charge is 0.415 e. The van der Waals surface area contributed by atoms with Gasteiger partial charge >= 0.3 is 6.09 Å². The largest absolute Gasteiger partial charge is 0.443 e. The molecule has 7 nitrogen and oxygen atoms in total. The third-order valence-electron chi connectivity index (χ3n) is 4.94. The Morgan fingerprint density at radius 2 is 1.47 bits per heavy atom. The lowest BCUT2D eigenvalue weighted by Gasteiger charge is -2.36. The Morgan fingerprint density at radius 3 is 1.94 bits per heavy atom. The zero-order valence-electron chi connectivity index (χ0n) is 21.4. The first-order valence-corrected chi connectivity index (χ1v) is 12.9. The highest BCUT2D eigenvalue weighted by molar-refractivity contribution is 7.90. The minimum atomic E-state index is -4.01. The summed E-state index contributed by atoms with van der Waals surface area (Å²) in [6.45, 7) is 15.1. The first-order chi connectivity index (χ1) is 15.7. The molecule has 1 amide bonds. The van der Waals surface area contributed by atoms with E-state index in [2.05, 4.69) is 4.40 Å². The van der Waals surface area contributed by atoms with Crippen LogP contribution in [0.1, 0.15) is 54.0 Å². The van der Waals surface area contributed by atoms with Gasteiger partial charge in [-0.1, -0.05) is 35.9 Å². The van der Waals surface area contributed by atoms with Crippen molar-refractivity contribution >= 4 is 27.6 Å². The number of amides is 1. The van der Waals surface area contributed by atoms with Crippen LogP contribution < -0.4 is 4.90 Å². The van der Waals surface area contributed by atoms with E-state index in [9.17, 15) is 13.2 Å². The normalized spacial score (nSPS) is 12.7. The number of sulfonamides is 1. The maximum atomic E-state index is 13.3. The summed E-state index contributed by atoms with van der Waals surface area (Å²) in [7, 11) is -4.01. The van der Waals surface area contributed by atoms with Gasteiger partial charge in [0.2, 0.25) is 0 Å². The van der Waals surface area contributed by atoms with Gasteiger partial charge in [0.25, 0.3) is 10.0 Å². The molecule has 186 valence electrons. The Balaban J connectivity index is 2.63. The SMILES string of the molecule is Cc1ccc(S(=O)(=O)/N=C(/CN(C(=O)OC(C)(C)C)c2ccccc2)N(C(C)C)C(C)C)cc1. The molecule has 0 aliphatic heterocycles. The highest BCUT2D eigenvalue weighted by atomic mass is 32.2. The molecular weight excluding hydrogens is 450 g/mol. The summed E-state index contributed by atoms with van der Waals surface area (Å²) in [6.07, 6.45) is -0.577. The maximum absolute atomic E-state index is 13.3. The summed E-state index contributed by atoms with van der Waals surface area (Å²) in [6, 6.07) is 15.5. The van der Waals surface area contributed by atoms with Crippen LogP contribution in [0, 0.1) is 6.92 Å². The number of nitrogens with zero attached hydrogens (tertiary/aromatic N) is 3. The maximum Gasteiger partial charge on any atom is 0.415 e. The third-order valence-corrected chi connectivity index (χ3v) is 6.26. The molecule has 8 heteroatoms. The van der Waals surface area contributed by atoms with Crippen molar-refractivity contribution in [2.45, 2.75) is 78.0 Å². The van der Waals surface area contributed by atoms with Crippen LogP contribution in [0.5, 0.6) is 0 Å². The lowest BCUT2D eigenvalue weighted by Crippen LogP contribution is -2.49. The van der Waals surface area contributed by atoms with Gasteiger partial charge < -0.3 is 9.64 Å². The Kier molecular flexibility index (Phi) is 8.89. The average Bonchev–Trinajstić information content (AvgIpc) is 2.70. The number of carbonyl (C=O) groups excluding carboxylic acids is 1. The quantitative estimate of drug-likeness (QED) is 0.373. The van der Waals surface area contributed by atoms with Crippen molar-refractivity contribution in [3.63, 3.8) is 0 Å². The van der Waals surface area contributed by atoms with Crippen molar-refractivity contribution in [1.29, 1.82) is 0 Å². The number of para-hydroxylation sites is 1. The molecule has 0 saturated heterocycles. The number of benzene rings is 2. The van der Waals surface area contributed by atoms with Crippen LogP contribution >= 0.6 is 0 Å². The lowest BCUT2D eigenvalue weighted by molar-refractivity contribution is 0.0584. The molecule has 0 aliphatic carbocycles. The molecule has 0 saturated carbocycles. The molecule has 0 aromatic heterocycles. The van der Waals surface area contributed by atoms with Crippen LogP contribution in [0.15, 0.2) is 63.9 Å². The number of ether oxygens (including phenoxy) is 1. The Labute approximate surface area is 204 Å². The fraction of sp³-hybridized carbons (Fsp3) is 0.462. The van der Waals surface area contributed by atoms with Gasteiger partial charge in [0.15, 0.2) is 0 Å². The summed E-state index contributed by atoms with van der Waals surface area (Å²) in [4.78, 5) is 16.6. The summed E-state index contributed by atoms with van der Waals surface area (Å²) in [5.74, 6) is 0.264. The van der Waals surface area contributed by atoms with Crippen molar-refractivity contribution in [3.05, 3.63) is 60.2 Å². The molecule has 34 heavy (non-hydrogen) atoms. The molecule has 0 atom stereocenters. The third kappa shape index (κ3) is 7.58. The predicted octanol–water partition coefficient (Wildman–Crippen LogP) is 5.64. The van der Waals surface area contributed by atoms with Crippen molar-refractivity contribution in [2.75, 3.05) is 11.4 Å². The van der Waals surface area contributed by atoms with Gasteiger partial charge in [-0.05, 0) is 79.7 Å². The molecule has 0 radical (unpaired) electrons. The molecule has 2 rings (SSSR count). The summed E-state index contributed by atoms with van der Waals surface area (Å²) in [5.41, 5.74) is 0.824. The minimum absolute atomic E-state index is 0.0526. The van der Waals surface area contributed by atoms with E-state index in [4.69, 9.17) is 4.74 Å². The van der Waals surface area contributed by atoms with Gasteiger partial charge in [0.1, 0.15) is 11.4 Å². The average molecular weight is 488 g/mol. The topological polar surface area (TPSA) is 79.3 Å². The predicted molar refractivity (Wildman–Crippen MR) is 138 cm³/mol. The van der Waals surface area contributed by atoms with Gasteiger partial charge in [0, 0.05) is 17.8 Å². The van der Waals surface area contributed by atoms with E-state index in [0.29, 0.717) is 5.69 Å². The van der Waals surface area contributed by atoms with E-state index in [1.807, 2.05) is 57.7 Å². The summed E-state index contributed by atoms with van der Waals surface area (Å²) in [5, 5.41) is 0. The van der Waals surface area contributed by atoms with E-state index in [1.54, 1.807) is 57.2 Å². The van der Waals surface area contributed by atoms with E-state index in [0.717, 1.165) is 5.56 Å². The molecule has 0 N–H and O–H groups in total. The Morgan fingerprint density at radius 1 is 0.941 bits per heavy atom. The van der Waals surface area contributed by atoms with Crippen LogP contribution in [0.4, 0.5) is 10.5 Å². The zero-order valence-corrected chi connectivity index (χ0v) is 22.3. The number of anilines is 1. The van der Waals surface area contributed by atoms with E-state index < -0.39 is 21.7 Å². The van der Waals surface area contributed by atoms with Crippen molar-refractivity contribution in [1.82, 2.24) is 4.90 Å². The molecular formula is C26H37N3O4S. The van der Waals surface area contributed by atoms with E-state index >= 15 is 0 Å². The Bertz CT molecular complexity index is 1080. The van der Waals surface area contributed by atoms with Crippen molar-refractivity contribution in [3.8, 4) is 0 Å². The number of aryl methyl sites for hydroxylation is 1. The highest BCUT2D eigenvalue weighted by Crippen LogP contribution is 2.21. The molecule has 0 unspecified atom stereocenters. The number of amidine groups is 1. The van der Waals surface area contributed by atoms with Crippen LogP contribution in [0.3, 0.4) is 0 Å². The fourth-order valence-corrected chi connectivity index (χ4v) is 4.59. The standard InChI is InChI=1S/C26H37N3O4S/c1-19(2)29(20(3)4)24(27-34(31,32)23-16-14-21(5)15-17-23)18-28(22-12-10-9-11-13-22)25(30)33-26(6,7)8/h9-17,19-20H,18H2,1-8H3/b27-24-. The minimum Gasteiger partial charge on any atom is -0.443 e. The zero-order chi connectivity index (χ0) is 25.7. The van der Waals surface area contributed by atoms with Gasteiger partial charge in [-0.3, -0.25) is 4.90 Å². The number of hydrogen-bond donors (Lipinski definition) is 0. The van der Waals surface area contributed by atoms with Crippen LogP contribution in [-0.2, 0) is 14.8 Å². The van der Waals surface area contributed by atoms with E-state index in [1.165, 1.54) is 4.90 Å². The van der Waals surface area contributed by atoms with Crippen molar-refractivity contribution in [2.24, 2.45) is 4.40 Å². The van der Waals surface area contributed by atoms with Gasteiger partial charge in [0.05, 0.1) is 11.4 Å². The first kappa shape index (κ1) is 27.4. The highest BCUT2D eigenvalue weighted by Gasteiger charge is 2.29. The van der Waals surface area contributed by atoms with Crippen molar-refractivity contribution < 1.29 is 17.9 Å². The first-order valence-electron chi connectivity index (χ1n) is 11.5. The number of rotatable bonds is 7. The molecule has 0 fully saturated rings. The van der Waals surface area contributed by atoms with Gasteiger partial charge in [-0.2, -0.15) is 8.42 Å². The second-order valence-electron chi connectivity index (χ2n) is 9.79. The van der Waals surface area contributed by atoms with Crippen LogP contribution in [0.2, 0.25) is 0 Å². The molecule has 0 aliphatic rings. The lowest BCUT2D eigenvalue weighted by atomic mass is 10.2. The molecule has 0 bridgehead atoms. The monoisotopic (exact) mass is 487 g/mol. The second kappa shape index (κ2) is 11.0. The molecule has 0 heterocycles. The molecule has 2 aromatic rings. The molecule has 2 aromatic carbocycles.